The third-order valence-corrected chi connectivity index (χ3v) is 3.59. The molecule has 25 heavy (non-hydrogen) atoms. The van der Waals surface area contributed by atoms with Crippen LogP contribution in [-0.2, 0) is 11.4 Å². The topological polar surface area (TPSA) is 119 Å². The highest BCUT2D eigenvalue weighted by Crippen LogP contribution is 2.23. The van der Waals surface area contributed by atoms with Crippen molar-refractivity contribution in [2.75, 3.05) is 0 Å². The molecule has 0 aromatic heterocycles. The zero-order valence-corrected chi connectivity index (χ0v) is 12.9. The molecule has 8 nitrogen and oxygen atoms in total. The van der Waals surface area contributed by atoms with E-state index in [4.69, 9.17) is 10.6 Å². The van der Waals surface area contributed by atoms with E-state index in [1.54, 1.807) is 24.3 Å². The maximum absolute atomic E-state index is 12.2. The van der Waals surface area contributed by atoms with Crippen molar-refractivity contribution in [1.82, 2.24) is 10.4 Å². The summed E-state index contributed by atoms with van der Waals surface area (Å²) in [7, 11) is 0. The molecule has 0 saturated heterocycles. The summed E-state index contributed by atoms with van der Waals surface area (Å²) in [5.74, 6) is -2.21. The standard InChI is InChI=1S/C17H13N3O5/c18-17(24)19-9-10-5-7-11(8-6-10)16(23)25-20-14(21)12-3-1-2-4-13(12)15(20)22/h1-8H,9H2,(H3,18,19,24). The maximum Gasteiger partial charge on any atom is 0.363 e. The van der Waals surface area contributed by atoms with E-state index in [-0.39, 0.29) is 23.2 Å². The van der Waals surface area contributed by atoms with Crippen LogP contribution in [0, 0.1) is 0 Å². The van der Waals surface area contributed by atoms with Crippen molar-refractivity contribution in [1.29, 1.82) is 0 Å². The lowest BCUT2D eigenvalue weighted by Gasteiger charge is -2.12. The van der Waals surface area contributed by atoms with Crippen LogP contribution in [-0.4, -0.2) is 28.9 Å². The van der Waals surface area contributed by atoms with Gasteiger partial charge < -0.3 is 15.9 Å². The number of benzene rings is 2. The molecular formula is C17H13N3O5. The Hall–Kier alpha value is -3.68. The quantitative estimate of drug-likeness (QED) is 0.812. The van der Waals surface area contributed by atoms with Crippen LogP contribution in [0.15, 0.2) is 48.5 Å². The highest BCUT2D eigenvalue weighted by atomic mass is 16.7. The average molecular weight is 339 g/mol. The van der Waals surface area contributed by atoms with E-state index < -0.39 is 23.8 Å². The van der Waals surface area contributed by atoms with Crippen molar-refractivity contribution in [3.63, 3.8) is 0 Å². The summed E-state index contributed by atoms with van der Waals surface area (Å²) >= 11 is 0. The molecule has 2 aromatic rings. The SMILES string of the molecule is NC(=O)NCc1ccc(C(=O)ON2C(=O)c3ccccc3C2=O)cc1. The van der Waals surface area contributed by atoms with E-state index in [1.165, 1.54) is 24.3 Å². The van der Waals surface area contributed by atoms with E-state index in [2.05, 4.69) is 5.32 Å². The monoisotopic (exact) mass is 339 g/mol. The highest BCUT2D eigenvalue weighted by molar-refractivity contribution is 6.21. The van der Waals surface area contributed by atoms with Crippen LogP contribution < -0.4 is 11.1 Å². The van der Waals surface area contributed by atoms with Crippen molar-refractivity contribution in [3.05, 3.63) is 70.8 Å². The lowest BCUT2D eigenvalue weighted by atomic mass is 10.1. The molecule has 0 bridgehead atoms. The third kappa shape index (κ3) is 3.18. The summed E-state index contributed by atoms with van der Waals surface area (Å²) in [6.45, 7) is 0.211. The van der Waals surface area contributed by atoms with Crippen LogP contribution >= 0.6 is 0 Å². The fourth-order valence-corrected chi connectivity index (χ4v) is 2.33. The summed E-state index contributed by atoms with van der Waals surface area (Å²) in [6.07, 6.45) is 0. The van der Waals surface area contributed by atoms with Gasteiger partial charge in [-0.2, -0.15) is 0 Å². The summed E-state index contributed by atoms with van der Waals surface area (Å²) in [4.78, 5) is 52.1. The van der Waals surface area contributed by atoms with Crippen LogP contribution in [0.5, 0.6) is 0 Å². The number of hydrogen-bond acceptors (Lipinski definition) is 5. The number of hydroxylamine groups is 2. The molecule has 0 atom stereocenters. The molecule has 0 aliphatic carbocycles. The van der Waals surface area contributed by atoms with E-state index in [0.717, 1.165) is 5.56 Å². The van der Waals surface area contributed by atoms with Crippen molar-refractivity contribution < 1.29 is 24.0 Å². The molecule has 3 N–H and O–H groups in total. The van der Waals surface area contributed by atoms with Gasteiger partial charge >= 0.3 is 12.0 Å². The Kier molecular flexibility index (Phi) is 4.17. The minimum atomic E-state index is -0.844. The van der Waals surface area contributed by atoms with Gasteiger partial charge in [-0.05, 0) is 29.8 Å². The summed E-state index contributed by atoms with van der Waals surface area (Å²) in [5, 5.41) is 2.87. The van der Waals surface area contributed by atoms with Crippen LogP contribution in [0.1, 0.15) is 36.6 Å². The number of hydrogen-bond donors (Lipinski definition) is 2. The first-order valence-corrected chi connectivity index (χ1v) is 7.29. The smallest absolute Gasteiger partial charge is 0.352 e. The number of rotatable bonds is 4. The molecule has 126 valence electrons. The third-order valence-electron chi connectivity index (χ3n) is 3.59. The van der Waals surface area contributed by atoms with Gasteiger partial charge in [-0.25, -0.2) is 9.59 Å². The number of carbonyl (C=O) groups excluding carboxylic acids is 4. The molecule has 0 radical (unpaired) electrons. The molecule has 3 rings (SSSR count). The van der Waals surface area contributed by atoms with Crippen LogP contribution in [0.25, 0.3) is 0 Å². The molecule has 1 aliphatic rings. The largest absolute Gasteiger partial charge is 0.363 e. The van der Waals surface area contributed by atoms with Gasteiger partial charge in [-0.15, -0.1) is 0 Å². The number of nitrogens with zero attached hydrogens (tertiary/aromatic N) is 1. The number of primary amides is 1. The van der Waals surface area contributed by atoms with Crippen molar-refractivity contribution in [3.8, 4) is 0 Å². The van der Waals surface area contributed by atoms with E-state index >= 15 is 0 Å². The molecule has 2 aromatic carbocycles. The number of carbonyl (C=O) groups is 4. The molecular weight excluding hydrogens is 326 g/mol. The Bertz CT molecular complexity index is 841. The van der Waals surface area contributed by atoms with Gasteiger partial charge in [0, 0.05) is 6.54 Å². The van der Waals surface area contributed by atoms with Gasteiger partial charge in [-0.3, -0.25) is 9.59 Å². The predicted octanol–water partition coefficient (Wildman–Crippen LogP) is 1.22. The summed E-state index contributed by atoms with van der Waals surface area (Å²) < 4.78 is 0. The highest BCUT2D eigenvalue weighted by Gasteiger charge is 2.38. The zero-order chi connectivity index (χ0) is 18.0. The lowest BCUT2D eigenvalue weighted by Crippen LogP contribution is -2.32. The second-order valence-electron chi connectivity index (χ2n) is 5.24. The van der Waals surface area contributed by atoms with E-state index in [0.29, 0.717) is 5.06 Å². The predicted molar refractivity (Wildman–Crippen MR) is 85.2 cm³/mol. The minimum Gasteiger partial charge on any atom is -0.352 e. The normalized spacial score (nSPS) is 12.7. The molecule has 0 spiro atoms. The molecule has 0 unspecified atom stereocenters. The van der Waals surface area contributed by atoms with Crippen LogP contribution in [0.3, 0.4) is 0 Å². The van der Waals surface area contributed by atoms with Crippen molar-refractivity contribution >= 4 is 23.8 Å². The molecule has 1 heterocycles. The number of nitrogens with one attached hydrogen (secondary N) is 1. The first kappa shape index (κ1) is 16.2. The number of nitrogens with two attached hydrogens (primary N) is 1. The molecule has 0 saturated carbocycles. The fraction of sp³-hybridized carbons (Fsp3) is 0.0588. The van der Waals surface area contributed by atoms with Gasteiger partial charge in [-0.1, -0.05) is 29.3 Å². The second-order valence-corrected chi connectivity index (χ2v) is 5.24. The number of urea groups is 1. The van der Waals surface area contributed by atoms with Crippen LogP contribution in [0.4, 0.5) is 4.79 Å². The van der Waals surface area contributed by atoms with Gasteiger partial charge in [0.05, 0.1) is 16.7 Å². The minimum absolute atomic E-state index is 0.152. The Morgan fingerprint density at radius 1 is 0.960 bits per heavy atom. The maximum atomic E-state index is 12.2. The van der Waals surface area contributed by atoms with Gasteiger partial charge in [0.15, 0.2) is 0 Å². The van der Waals surface area contributed by atoms with E-state index in [1.807, 2.05) is 0 Å². The van der Waals surface area contributed by atoms with E-state index in [9.17, 15) is 19.2 Å². The molecule has 0 fully saturated rings. The van der Waals surface area contributed by atoms with Gasteiger partial charge in [0.2, 0.25) is 0 Å². The summed E-state index contributed by atoms with van der Waals surface area (Å²) in [6, 6.07) is 11.7. The Morgan fingerprint density at radius 3 is 2.04 bits per heavy atom. The second kappa shape index (κ2) is 6.44. The van der Waals surface area contributed by atoms with Crippen molar-refractivity contribution in [2.45, 2.75) is 6.54 Å². The number of amides is 4. The Morgan fingerprint density at radius 2 is 1.52 bits per heavy atom. The average Bonchev–Trinajstić information content (AvgIpc) is 2.85. The number of fused-ring (bicyclic) bond motifs is 1. The molecule has 4 amide bonds. The molecule has 8 heteroatoms. The summed E-state index contributed by atoms with van der Waals surface area (Å²) in [5.41, 5.74) is 6.23. The fourth-order valence-electron chi connectivity index (χ4n) is 2.33. The molecule has 1 aliphatic heterocycles. The van der Waals surface area contributed by atoms with Gasteiger partial charge in [0.25, 0.3) is 11.8 Å². The zero-order valence-electron chi connectivity index (χ0n) is 12.9. The van der Waals surface area contributed by atoms with Crippen LogP contribution in [0.2, 0.25) is 0 Å². The Labute approximate surface area is 142 Å². The first-order chi connectivity index (χ1) is 12.0. The van der Waals surface area contributed by atoms with Crippen molar-refractivity contribution in [2.24, 2.45) is 5.73 Å². The van der Waals surface area contributed by atoms with Gasteiger partial charge in [0.1, 0.15) is 0 Å². The first-order valence-electron chi connectivity index (χ1n) is 7.29. The lowest BCUT2D eigenvalue weighted by molar-refractivity contribution is -0.0584. The Balaban J connectivity index is 1.70. The number of imide groups is 1.